The molecular weight excluding hydrogens is 262 g/mol. The summed E-state index contributed by atoms with van der Waals surface area (Å²) in [6, 6.07) is 3.72. The van der Waals surface area contributed by atoms with E-state index in [1.54, 1.807) is 0 Å². The minimum absolute atomic E-state index is 0.0532. The van der Waals surface area contributed by atoms with Gasteiger partial charge in [0.2, 0.25) is 0 Å². The number of carbonyl (C=O) groups excluding carboxylic acids is 1. The van der Waals surface area contributed by atoms with Gasteiger partial charge in [-0.15, -0.1) is 0 Å². The summed E-state index contributed by atoms with van der Waals surface area (Å²) in [5.41, 5.74) is 7.36. The predicted molar refractivity (Wildman–Crippen MR) is 76.9 cm³/mol. The maximum Gasteiger partial charge on any atom is 0.157 e. The highest BCUT2D eigenvalue weighted by Gasteiger charge is 2.31. The average molecular weight is 282 g/mol. The van der Waals surface area contributed by atoms with Crippen LogP contribution in [0.15, 0.2) is 12.1 Å². The Bertz CT molecular complexity index is 495. The molecule has 1 aliphatic heterocycles. The first-order valence-corrected chi connectivity index (χ1v) is 7.14. The summed E-state index contributed by atoms with van der Waals surface area (Å²) in [5.74, 6) is 0.879. The largest absolute Gasteiger partial charge is 0.493 e. The number of halogens is 1. The Balaban J connectivity index is 2.27. The molecule has 0 spiro atoms. The number of hydrogen-bond acceptors (Lipinski definition) is 3. The van der Waals surface area contributed by atoms with Crippen molar-refractivity contribution in [3.63, 3.8) is 0 Å². The number of nitrogens with two attached hydrogens (primary N) is 1. The molecule has 0 unspecified atom stereocenters. The number of carbonyl (C=O) groups is 1. The lowest BCUT2D eigenvalue weighted by Gasteiger charge is -2.25. The third kappa shape index (κ3) is 2.77. The van der Waals surface area contributed by atoms with Gasteiger partial charge in [-0.25, -0.2) is 0 Å². The van der Waals surface area contributed by atoms with Crippen molar-refractivity contribution in [3.8, 4) is 5.75 Å². The average Bonchev–Trinajstić information content (AvgIpc) is 2.85. The summed E-state index contributed by atoms with van der Waals surface area (Å²) in [7, 11) is 0. The van der Waals surface area contributed by atoms with Gasteiger partial charge in [0.1, 0.15) is 5.75 Å². The van der Waals surface area contributed by atoms with E-state index in [4.69, 9.17) is 22.1 Å². The van der Waals surface area contributed by atoms with E-state index in [1.165, 1.54) is 0 Å². The minimum Gasteiger partial charge on any atom is -0.493 e. The van der Waals surface area contributed by atoms with Crippen LogP contribution in [0, 0.1) is 0 Å². The molecule has 1 aromatic carbocycles. The van der Waals surface area contributed by atoms with Gasteiger partial charge in [0.25, 0.3) is 0 Å². The van der Waals surface area contributed by atoms with Gasteiger partial charge in [-0.2, -0.15) is 0 Å². The van der Waals surface area contributed by atoms with E-state index in [-0.39, 0.29) is 5.78 Å². The molecular formula is C15H20ClNO2. The Morgan fingerprint density at radius 2 is 2.11 bits per heavy atom. The van der Waals surface area contributed by atoms with Crippen molar-refractivity contribution in [1.82, 2.24) is 0 Å². The molecule has 0 atom stereocenters. The summed E-state index contributed by atoms with van der Waals surface area (Å²) >= 11 is 6.10. The zero-order valence-electron chi connectivity index (χ0n) is 11.5. The van der Waals surface area contributed by atoms with Crippen molar-refractivity contribution >= 4 is 17.4 Å². The number of fused-ring (bicyclic) bond motifs is 1. The molecule has 0 bridgehead atoms. The summed E-state index contributed by atoms with van der Waals surface area (Å²) in [5, 5.41) is 0.655. The molecule has 104 valence electrons. The fourth-order valence-corrected chi connectivity index (χ4v) is 2.73. The second-order valence-corrected chi connectivity index (χ2v) is 5.55. The Labute approximate surface area is 119 Å². The Kier molecular flexibility index (Phi) is 4.16. The summed E-state index contributed by atoms with van der Waals surface area (Å²) in [6.07, 6.45) is 2.44. The van der Waals surface area contributed by atoms with Crippen LogP contribution in [0.2, 0.25) is 5.02 Å². The van der Waals surface area contributed by atoms with Crippen molar-refractivity contribution in [1.29, 1.82) is 0 Å². The molecule has 2 rings (SSSR count). The van der Waals surface area contributed by atoms with Gasteiger partial charge in [0.05, 0.1) is 12.1 Å². The quantitative estimate of drug-likeness (QED) is 0.903. The number of Topliss-reactive ketones (excluding diaryl/α,β-unsaturated/α-hetero) is 1. The third-order valence-corrected chi connectivity index (χ3v) is 4.21. The normalized spacial score (nSPS) is 14.1. The summed E-state index contributed by atoms with van der Waals surface area (Å²) in [6.45, 7) is 4.55. The highest BCUT2D eigenvalue weighted by molar-refractivity contribution is 6.30. The number of ether oxygens (including phenoxy) is 1. The van der Waals surface area contributed by atoms with Gasteiger partial charge in [-0.3, -0.25) is 4.79 Å². The first-order chi connectivity index (χ1) is 9.00. The van der Waals surface area contributed by atoms with Gasteiger partial charge in [-0.05, 0) is 30.5 Å². The maximum atomic E-state index is 12.4. The number of hydrogen-bond donors (Lipinski definition) is 1. The van der Waals surface area contributed by atoms with Crippen LogP contribution >= 0.6 is 11.6 Å². The molecule has 0 radical (unpaired) electrons. The van der Waals surface area contributed by atoms with Gasteiger partial charge in [0, 0.05) is 23.4 Å². The fourth-order valence-electron chi connectivity index (χ4n) is 2.47. The molecule has 1 aromatic rings. The number of rotatable bonds is 5. The van der Waals surface area contributed by atoms with Crippen molar-refractivity contribution in [2.75, 3.05) is 6.61 Å². The Hall–Kier alpha value is -1.06. The topological polar surface area (TPSA) is 52.3 Å². The highest BCUT2D eigenvalue weighted by atomic mass is 35.5. The van der Waals surface area contributed by atoms with E-state index >= 15 is 0 Å². The number of benzene rings is 1. The highest BCUT2D eigenvalue weighted by Crippen LogP contribution is 2.34. The molecule has 0 amide bonds. The van der Waals surface area contributed by atoms with Crippen LogP contribution in [0.3, 0.4) is 0 Å². The monoisotopic (exact) mass is 281 g/mol. The van der Waals surface area contributed by atoms with Crippen molar-refractivity contribution in [3.05, 3.63) is 28.3 Å². The van der Waals surface area contributed by atoms with Crippen LogP contribution in [0.25, 0.3) is 0 Å². The zero-order valence-corrected chi connectivity index (χ0v) is 12.2. The molecule has 0 aromatic heterocycles. The molecule has 0 fully saturated rings. The van der Waals surface area contributed by atoms with Gasteiger partial charge in [-0.1, -0.05) is 25.4 Å². The molecule has 0 saturated carbocycles. The summed E-state index contributed by atoms with van der Waals surface area (Å²) in [4.78, 5) is 12.4. The van der Waals surface area contributed by atoms with Crippen LogP contribution in [0.5, 0.6) is 5.75 Å². The van der Waals surface area contributed by atoms with Gasteiger partial charge >= 0.3 is 0 Å². The lowest BCUT2D eigenvalue weighted by molar-refractivity contribution is -0.123. The standard InChI is InChI=1S/C15H20ClNO2/c1-3-15(17,4-2)13(18)9-11-8-12(16)7-10-5-6-19-14(10)11/h7-8H,3-6,9,17H2,1-2H3. The van der Waals surface area contributed by atoms with E-state index in [2.05, 4.69) is 0 Å². The lowest BCUT2D eigenvalue weighted by atomic mass is 9.85. The second kappa shape index (κ2) is 5.51. The molecule has 3 nitrogen and oxygen atoms in total. The molecule has 1 aliphatic rings. The first-order valence-electron chi connectivity index (χ1n) is 6.76. The molecule has 4 heteroatoms. The smallest absolute Gasteiger partial charge is 0.157 e. The molecule has 2 N–H and O–H groups in total. The van der Waals surface area contributed by atoms with Crippen LogP contribution < -0.4 is 10.5 Å². The third-order valence-electron chi connectivity index (χ3n) is 3.99. The van der Waals surface area contributed by atoms with Crippen LogP contribution in [0.1, 0.15) is 37.8 Å². The van der Waals surface area contributed by atoms with Gasteiger partial charge < -0.3 is 10.5 Å². The van der Waals surface area contributed by atoms with E-state index < -0.39 is 5.54 Å². The maximum absolute atomic E-state index is 12.4. The van der Waals surface area contributed by atoms with E-state index in [0.717, 1.165) is 23.3 Å². The van der Waals surface area contributed by atoms with Crippen LogP contribution in [-0.4, -0.2) is 17.9 Å². The lowest BCUT2D eigenvalue weighted by Crippen LogP contribution is -2.47. The Morgan fingerprint density at radius 3 is 2.74 bits per heavy atom. The molecule has 1 heterocycles. The van der Waals surface area contributed by atoms with Crippen LogP contribution in [0.4, 0.5) is 0 Å². The van der Waals surface area contributed by atoms with Gasteiger partial charge in [0.15, 0.2) is 5.78 Å². The van der Waals surface area contributed by atoms with E-state index in [9.17, 15) is 4.79 Å². The first kappa shape index (κ1) is 14.4. The van der Waals surface area contributed by atoms with E-state index in [1.807, 2.05) is 26.0 Å². The van der Waals surface area contributed by atoms with E-state index in [0.29, 0.717) is 30.9 Å². The van der Waals surface area contributed by atoms with Crippen molar-refractivity contribution < 1.29 is 9.53 Å². The van der Waals surface area contributed by atoms with Crippen LogP contribution in [-0.2, 0) is 17.6 Å². The molecule has 19 heavy (non-hydrogen) atoms. The fraction of sp³-hybridized carbons (Fsp3) is 0.533. The minimum atomic E-state index is -0.742. The molecule has 0 aliphatic carbocycles. The predicted octanol–water partition coefficient (Wildman–Crippen LogP) is 2.90. The Morgan fingerprint density at radius 1 is 1.42 bits per heavy atom. The van der Waals surface area contributed by atoms with Crippen molar-refractivity contribution in [2.45, 2.75) is 45.1 Å². The zero-order chi connectivity index (χ0) is 14.0. The SMILES string of the molecule is CCC(N)(CC)C(=O)Cc1cc(Cl)cc2c1OCC2. The van der Waals surface area contributed by atoms with Crippen molar-refractivity contribution in [2.24, 2.45) is 5.73 Å². The number of ketones is 1. The molecule has 0 saturated heterocycles. The second-order valence-electron chi connectivity index (χ2n) is 5.11. The summed E-state index contributed by atoms with van der Waals surface area (Å²) < 4.78 is 5.61.